The van der Waals surface area contributed by atoms with Crippen molar-refractivity contribution in [2.45, 2.75) is 25.9 Å². The smallest absolute Gasteiger partial charge is 0.123 e. The summed E-state index contributed by atoms with van der Waals surface area (Å²) < 4.78 is 5.86. The Morgan fingerprint density at radius 3 is 3.06 bits per heavy atom. The lowest BCUT2D eigenvalue weighted by molar-refractivity contribution is 0.225. The Kier molecular flexibility index (Phi) is 4.69. The zero-order chi connectivity index (χ0) is 12.1. The van der Waals surface area contributed by atoms with E-state index >= 15 is 0 Å². The highest BCUT2D eigenvalue weighted by atomic mass is 35.5. The normalized spacial score (nSPS) is 19.8. The fraction of sp³-hybridized carbons (Fsp3) is 0.571. The molecule has 1 aliphatic rings. The molecular weight excluding hydrogens is 234 g/mol. The minimum Gasteiger partial charge on any atom is -0.488 e. The van der Waals surface area contributed by atoms with Crippen LogP contribution in [-0.4, -0.2) is 25.1 Å². The van der Waals surface area contributed by atoms with Crippen molar-refractivity contribution in [1.29, 1.82) is 0 Å². The number of alkyl halides is 1. The molecule has 2 nitrogen and oxygen atoms in total. The van der Waals surface area contributed by atoms with Crippen LogP contribution in [0.5, 0.6) is 5.75 Å². The van der Waals surface area contributed by atoms with Gasteiger partial charge in [-0.1, -0.05) is 25.1 Å². The second-order valence-electron chi connectivity index (χ2n) is 4.79. The summed E-state index contributed by atoms with van der Waals surface area (Å²) in [6, 6.07) is 8.29. The van der Waals surface area contributed by atoms with E-state index in [9.17, 15) is 0 Å². The number of benzene rings is 1. The summed E-state index contributed by atoms with van der Waals surface area (Å²) in [7, 11) is 0. The number of ether oxygens (including phenoxy) is 1. The van der Waals surface area contributed by atoms with Gasteiger partial charge >= 0.3 is 0 Å². The highest BCUT2D eigenvalue weighted by Crippen LogP contribution is 2.27. The molecule has 0 saturated carbocycles. The SMILES string of the molecule is CC(CCCl)CNCC1Cc2ccccc2O1. The molecule has 94 valence electrons. The van der Waals surface area contributed by atoms with Gasteiger partial charge in [0.2, 0.25) is 0 Å². The van der Waals surface area contributed by atoms with Crippen LogP contribution in [0, 0.1) is 5.92 Å². The molecule has 1 heterocycles. The number of fused-ring (bicyclic) bond motifs is 1. The largest absolute Gasteiger partial charge is 0.488 e. The first-order chi connectivity index (χ1) is 8.29. The van der Waals surface area contributed by atoms with E-state index < -0.39 is 0 Å². The van der Waals surface area contributed by atoms with Crippen LogP contribution in [0.1, 0.15) is 18.9 Å². The van der Waals surface area contributed by atoms with Crippen LogP contribution in [0.25, 0.3) is 0 Å². The van der Waals surface area contributed by atoms with Crippen molar-refractivity contribution in [2.75, 3.05) is 19.0 Å². The molecule has 1 N–H and O–H groups in total. The molecule has 0 bridgehead atoms. The van der Waals surface area contributed by atoms with E-state index in [1.165, 1.54) is 5.56 Å². The van der Waals surface area contributed by atoms with Gasteiger partial charge in [0.05, 0.1) is 0 Å². The first-order valence-corrected chi connectivity index (χ1v) is 6.84. The molecule has 2 atom stereocenters. The predicted octanol–water partition coefficient (Wildman–Crippen LogP) is 2.84. The molecule has 0 fully saturated rings. The monoisotopic (exact) mass is 253 g/mol. The summed E-state index contributed by atoms with van der Waals surface area (Å²) in [5, 5.41) is 3.46. The highest BCUT2D eigenvalue weighted by molar-refractivity contribution is 6.17. The van der Waals surface area contributed by atoms with Crippen LogP contribution in [0.3, 0.4) is 0 Å². The summed E-state index contributed by atoms with van der Waals surface area (Å²) in [4.78, 5) is 0. The maximum absolute atomic E-state index is 5.86. The standard InChI is InChI=1S/C14H20ClNO/c1-11(6-7-15)9-16-10-13-8-12-4-2-3-5-14(12)17-13/h2-5,11,13,16H,6-10H2,1H3. The van der Waals surface area contributed by atoms with E-state index in [1.807, 2.05) is 12.1 Å². The number of rotatable bonds is 6. The Bertz CT molecular complexity index is 331. The molecule has 1 aromatic rings. The van der Waals surface area contributed by atoms with Gasteiger partial charge in [0.25, 0.3) is 0 Å². The fourth-order valence-corrected chi connectivity index (χ4v) is 2.52. The first kappa shape index (κ1) is 12.7. The Hall–Kier alpha value is -0.730. The number of nitrogens with one attached hydrogen (secondary N) is 1. The van der Waals surface area contributed by atoms with Crippen LogP contribution >= 0.6 is 11.6 Å². The summed E-state index contributed by atoms with van der Waals surface area (Å²) in [6.45, 7) is 4.16. The molecule has 0 spiro atoms. The van der Waals surface area contributed by atoms with E-state index in [0.29, 0.717) is 5.92 Å². The minimum absolute atomic E-state index is 0.288. The molecule has 0 radical (unpaired) electrons. The van der Waals surface area contributed by atoms with Crippen LogP contribution in [-0.2, 0) is 6.42 Å². The fourth-order valence-electron chi connectivity index (χ4n) is 2.15. The average molecular weight is 254 g/mol. The molecule has 0 amide bonds. The topological polar surface area (TPSA) is 21.3 Å². The number of halogens is 1. The maximum atomic E-state index is 5.86. The summed E-state index contributed by atoms with van der Waals surface area (Å²) in [5.41, 5.74) is 1.33. The minimum atomic E-state index is 0.288. The van der Waals surface area contributed by atoms with Crippen LogP contribution in [0.4, 0.5) is 0 Å². The van der Waals surface area contributed by atoms with Gasteiger partial charge in [-0.2, -0.15) is 0 Å². The molecule has 1 aliphatic heterocycles. The quantitative estimate of drug-likeness (QED) is 0.788. The lowest BCUT2D eigenvalue weighted by Crippen LogP contribution is -2.32. The van der Waals surface area contributed by atoms with Gasteiger partial charge in [-0.25, -0.2) is 0 Å². The Balaban J connectivity index is 1.70. The molecular formula is C14H20ClNO. The van der Waals surface area contributed by atoms with Gasteiger partial charge in [0, 0.05) is 18.8 Å². The number of para-hydroxylation sites is 1. The highest BCUT2D eigenvalue weighted by Gasteiger charge is 2.21. The van der Waals surface area contributed by atoms with Gasteiger partial charge < -0.3 is 10.1 Å². The van der Waals surface area contributed by atoms with Crippen molar-refractivity contribution in [2.24, 2.45) is 5.92 Å². The number of hydrogen-bond acceptors (Lipinski definition) is 2. The van der Waals surface area contributed by atoms with Crippen molar-refractivity contribution >= 4 is 11.6 Å². The Labute approximate surface area is 108 Å². The van der Waals surface area contributed by atoms with Gasteiger partial charge in [0.15, 0.2) is 0 Å². The third-order valence-corrected chi connectivity index (χ3v) is 3.40. The van der Waals surface area contributed by atoms with Crippen LogP contribution < -0.4 is 10.1 Å². The van der Waals surface area contributed by atoms with Crippen molar-refractivity contribution in [1.82, 2.24) is 5.32 Å². The lowest BCUT2D eigenvalue weighted by atomic mass is 10.1. The molecule has 2 rings (SSSR count). The van der Waals surface area contributed by atoms with Gasteiger partial charge in [0.1, 0.15) is 11.9 Å². The lowest BCUT2D eigenvalue weighted by Gasteiger charge is -2.14. The van der Waals surface area contributed by atoms with Crippen molar-refractivity contribution in [3.8, 4) is 5.75 Å². The predicted molar refractivity (Wildman–Crippen MR) is 71.9 cm³/mol. The Morgan fingerprint density at radius 2 is 2.29 bits per heavy atom. The first-order valence-electron chi connectivity index (χ1n) is 6.31. The summed E-state index contributed by atoms with van der Waals surface area (Å²) >= 11 is 5.71. The maximum Gasteiger partial charge on any atom is 0.123 e. The van der Waals surface area contributed by atoms with E-state index in [1.54, 1.807) is 0 Å². The number of hydrogen-bond donors (Lipinski definition) is 1. The van der Waals surface area contributed by atoms with Crippen molar-refractivity contribution < 1.29 is 4.74 Å². The van der Waals surface area contributed by atoms with Gasteiger partial charge in [-0.3, -0.25) is 0 Å². The Morgan fingerprint density at radius 1 is 1.47 bits per heavy atom. The molecule has 0 aromatic heterocycles. The molecule has 17 heavy (non-hydrogen) atoms. The van der Waals surface area contributed by atoms with Crippen LogP contribution in [0.15, 0.2) is 24.3 Å². The second kappa shape index (κ2) is 6.27. The molecule has 1 aromatic carbocycles. The van der Waals surface area contributed by atoms with E-state index in [2.05, 4.69) is 24.4 Å². The summed E-state index contributed by atoms with van der Waals surface area (Å²) in [5.74, 6) is 2.43. The molecule has 0 aliphatic carbocycles. The van der Waals surface area contributed by atoms with Crippen molar-refractivity contribution in [3.63, 3.8) is 0 Å². The zero-order valence-corrected chi connectivity index (χ0v) is 11.0. The molecule has 3 heteroatoms. The molecule has 2 unspecified atom stereocenters. The average Bonchev–Trinajstić information content (AvgIpc) is 2.71. The second-order valence-corrected chi connectivity index (χ2v) is 5.17. The van der Waals surface area contributed by atoms with E-state index in [0.717, 1.165) is 37.6 Å². The molecule has 0 saturated heterocycles. The third kappa shape index (κ3) is 3.62. The van der Waals surface area contributed by atoms with E-state index in [4.69, 9.17) is 16.3 Å². The van der Waals surface area contributed by atoms with Crippen LogP contribution in [0.2, 0.25) is 0 Å². The van der Waals surface area contributed by atoms with Gasteiger partial charge in [-0.15, -0.1) is 11.6 Å². The zero-order valence-electron chi connectivity index (χ0n) is 10.3. The third-order valence-electron chi connectivity index (χ3n) is 3.18. The van der Waals surface area contributed by atoms with Crippen molar-refractivity contribution in [3.05, 3.63) is 29.8 Å². The summed E-state index contributed by atoms with van der Waals surface area (Å²) in [6.07, 6.45) is 2.38. The van der Waals surface area contributed by atoms with Gasteiger partial charge in [-0.05, 0) is 30.5 Å². The van der Waals surface area contributed by atoms with E-state index in [-0.39, 0.29) is 6.10 Å².